The second-order valence-electron chi connectivity index (χ2n) is 5.83. The molecule has 3 rings (SSSR count). The molecule has 23 heavy (non-hydrogen) atoms. The lowest BCUT2D eigenvalue weighted by Gasteiger charge is -2.06. The molecule has 2 aromatic rings. The normalized spacial score (nSPS) is 13.8. The molecule has 1 aromatic carbocycles. The first kappa shape index (κ1) is 17.9. The molecule has 0 unspecified atom stereocenters. The van der Waals surface area contributed by atoms with Gasteiger partial charge in [0.1, 0.15) is 5.82 Å². The standard InChI is InChI=1S/C17H22FN3O.ClH/c18-16-6-4-14(5-7-16)17-15(11-20-21-17)10-19-8-1-9-22-12-13-2-3-13;/h4-7,11,13,19H,1-3,8-10,12H2,(H,20,21);1H. The summed E-state index contributed by atoms with van der Waals surface area (Å²) < 4.78 is 18.6. The maximum Gasteiger partial charge on any atom is 0.123 e. The second kappa shape index (κ2) is 9.01. The number of rotatable bonds is 9. The number of halogens is 2. The smallest absolute Gasteiger partial charge is 0.123 e. The van der Waals surface area contributed by atoms with E-state index in [4.69, 9.17) is 4.74 Å². The van der Waals surface area contributed by atoms with Crippen LogP contribution in [0.4, 0.5) is 4.39 Å². The minimum Gasteiger partial charge on any atom is -0.381 e. The van der Waals surface area contributed by atoms with Crippen molar-refractivity contribution in [3.8, 4) is 11.3 Å². The zero-order valence-corrected chi connectivity index (χ0v) is 13.9. The number of nitrogens with zero attached hydrogens (tertiary/aromatic N) is 1. The van der Waals surface area contributed by atoms with Crippen LogP contribution >= 0.6 is 12.4 Å². The summed E-state index contributed by atoms with van der Waals surface area (Å²) in [6.45, 7) is 3.40. The summed E-state index contributed by atoms with van der Waals surface area (Å²) in [7, 11) is 0. The van der Waals surface area contributed by atoms with Crippen molar-refractivity contribution in [1.29, 1.82) is 0 Å². The molecule has 0 bridgehead atoms. The third-order valence-corrected chi connectivity index (χ3v) is 3.86. The lowest BCUT2D eigenvalue weighted by molar-refractivity contribution is 0.122. The van der Waals surface area contributed by atoms with Crippen LogP contribution in [0, 0.1) is 11.7 Å². The minimum atomic E-state index is -0.228. The average molecular weight is 340 g/mol. The van der Waals surface area contributed by atoms with Crippen molar-refractivity contribution < 1.29 is 9.13 Å². The Morgan fingerprint density at radius 3 is 2.78 bits per heavy atom. The van der Waals surface area contributed by atoms with Crippen LogP contribution in [0.1, 0.15) is 24.8 Å². The van der Waals surface area contributed by atoms with Gasteiger partial charge >= 0.3 is 0 Å². The van der Waals surface area contributed by atoms with E-state index >= 15 is 0 Å². The molecule has 1 aliphatic carbocycles. The summed E-state index contributed by atoms with van der Waals surface area (Å²) in [5.41, 5.74) is 2.98. The van der Waals surface area contributed by atoms with Crippen molar-refractivity contribution in [2.75, 3.05) is 19.8 Å². The Labute approximate surface area is 142 Å². The van der Waals surface area contributed by atoms with Crippen LogP contribution < -0.4 is 5.32 Å². The van der Waals surface area contributed by atoms with Crippen molar-refractivity contribution in [1.82, 2.24) is 15.5 Å². The third-order valence-electron chi connectivity index (χ3n) is 3.86. The number of ether oxygens (including phenoxy) is 1. The van der Waals surface area contributed by atoms with Gasteiger partial charge in [-0.05, 0) is 56.0 Å². The van der Waals surface area contributed by atoms with Crippen molar-refractivity contribution >= 4 is 12.4 Å². The SMILES string of the molecule is Cl.Fc1ccc(-c2[nH]ncc2CNCCCOCC2CC2)cc1. The van der Waals surface area contributed by atoms with Gasteiger partial charge in [-0.15, -0.1) is 12.4 Å². The fourth-order valence-electron chi connectivity index (χ4n) is 2.37. The van der Waals surface area contributed by atoms with Gasteiger partial charge in [-0.2, -0.15) is 5.10 Å². The highest BCUT2D eigenvalue weighted by Crippen LogP contribution is 2.28. The van der Waals surface area contributed by atoms with E-state index in [1.807, 2.05) is 6.20 Å². The van der Waals surface area contributed by atoms with E-state index in [1.165, 1.54) is 25.0 Å². The maximum atomic E-state index is 13.0. The molecule has 1 heterocycles. The zero-order valence-electron chi connectivity index (χ0n) is 13.1. The highest BCUT2D eigenvalue weighted by molar-refractivity contribution is 5.85. The highest BCUT2D eigenvalue weighted by Gasteiger charge is 2.20. The van der Waals surface area contributed by atoms with Gasteiger partial charge in [-0.3, -0.25) is 5.10 Å². The molecule has 126 valence electrons. The molecule has 0 saturated heterocycles. The molecule has 1 saturated carbocycles. The molecule has 0 radical (unpaired) electrons. The predicted molar refractivity (Wildman–Crippen MR) is 91.1 cm³/mol. The van der Waals surface area contributed by atoms with E-state index in [2.05, 4.69) is 15.5 Å². The maximum absolute atomic E-state index is 13.0. The van der Waals surface area contributed by atoms with E-state index in [9.17, 15) is 4.39 Å². The van der Waals surface area contributed by atoms with Gasteiger partial charge in [-0.25, -0.2) is 4.39 Å². The molecule has 0 atom stereocenters. The zero-order chi connectivity index (χ0) is 15.2. The monoisotopic (exact) mass is 339 g/mol. The Kier molecular flexibility index (Phi) is 7.02. The summed E-state index contributed by atoms with van der Waals surface area (Å²) in [6.07, 6.45) is 5.50. The first-order valence-electron chi connectivity index (χ1n) is 7.89. The van der Waals surface area contributed by atoms with Crippen LogP contribution in [0.5, 0.6) is 0 Å². The summed E-state index contributed by atoms with van der Waals surface area (Å²) in [4.78, 5) is 0. The Morgan fingerprint density at radius 1 is 1.26 bits per heavy atom. The first-order valence-corrected chi connectivity index (χ1v) is 7.89. The topological polar surface area (TPSA) is 49.9 Å². The second-order valence-corrected chi connectivity index (χ2v) is 5.83. The molecular formula is C17H23ClFN3O. The number of benzene rings is 1. The summed E-state index contributed by atoms with van der Waals surface area (Å²) >= 11 is 0. The van der Waals surface area contributed by atoms with Gasteiger partial charge in [0, 0.05) is 30.9 Å². The van der Waals surface area contributed by atoms with Gasteiger partial charge in [0.25, 0.3) is 0 Å². The fourth-order valence-corrected chi connectivity index (χ4v) is 2.37. The number of hydrogen-bond donors (Lipinski definition) is 2. The summed E-state index contributed by atoms with van der Waals surface area (Å²) in [5.74, 6) is 0.603. The van der Waals surface area contributed by atoms with E-state index in [1.54, 1.807) is 12.1 Å². The third kappa shape index (κ3) is 5.61. The van der Waals surface area contributed by atoms with E-state index in [0.29, 0.717) is 0 Å². The molecule has 1 aliphatic rings. The van der Waals surface area contributed by atoms with Crippen LogP contribution in [-0.4, -0.2) is 30.0 Å². The van der Waals surface area contributed by atoms with E-state index in [-0.39, 0.29) is 18.2 Å². The Morgan fingerprint density at radius 2 is 2.04 bits per heavy atom. The molecule has 2 N–H and O–H groups in total. The van der Waals surface area contributed by atoms with Crippen molar-refractivity contribution in [3.05, 3.63) is 41.8 Å². The predicted octanol–water partition coefficient (Wildman–Crippen LogP) is 3.54. The molecule has 0 amide bonds. The van der Waals surface area contributed by atoms with Gasteiger partial charge in [0.15, 0.2) is 0 Å². The van der Waals surface area contributed by atoms with Crippen molar-refractivity contribution in [2.24, 2.45) is 5.92 Å². The molecule has 0 aliphatic heterocycles. The van der Waals surface area contributed by atoms with Crippen LogP contribution in [0.3, 0.4) is 0 Å². The molecule has 1 aromatic heterocycles. The fraction of sp³-hybridized carbons (Fsp3) is 0.471. The van der Waals surface area contributed by atoms with Gasteiger partial charge in [0.2, 0.25) is 0 Å². The lowest BCUT2D eigenvalue weighted by atomic mass is 10.1. The van der Waals surface area contributed by atoms with Gasteiger partial charge in [0.05, 0.1) is 11.9 Å². The van der Waals surface area contributed by atoms with Crippen molar-refractivity contribution in [3.63, 3.8) is 0 Å². The molecule has 1 fully saturated rings. The van der Waals surface area contributed by atoms with Gasteiger partial charge < -0.3 is 10.1 Å². The summed E-state index contributed by atoms with van der Waals surface area (Å²) in [5, 5.41) is 10.5. The largest absolute Gasteiger partial charge is 0.381 e. The molecule has 6 heteroatoms. The number of nitrogens with one attached hydrogen (secondary N) is 2. The number of aromatic nitrogens is 2. The molecule has 0 spiro atoms. The van der Waals surface area contributed by atoms with Crippen molar-refractivity contribution in [2.45, 2.75) is 25.8 Å². The van der Waals surface area contributed by atoms with Crippen LogP contribution in [-0.2, 0) is 11.3 Å². The first-order chi connectivity index (χ1) is 10.8. The van der Waals surface area contributed by atoms with E-state index in [0.717, 1.165) is 55.5 Å². The quantitative estimate of drug-likeness (QED) is 0.687. The Balaban J connectivity index is 0.00000192. The van der Waals surface area contributed by atoms with Crippen LogP contribution in [0.2, 0.25) is 0 Å². The van der Waals surface area contributed by atoms with E-state index < -0.39 is 0 Å². The van der Waals surface area contributed by atoms with Gasteiger partial charge in [-0.1, -0.05) is 0 Å². The Hall–Kier alpha value is -1.43. The molecular weight excluding hydrogens is 317 g/mol. The minimum absolute atomic E-state index is 0. The number of H-pyrrole nitrogens is 1. The highest BCUT2D eigenvalue weighted by atomic mass is 35.5. The summed E-state index contributed by atoms with van der Waals surface area (Å²) in [6, 6.07) is 6.45. The number of aromatic amines is 1. The van der Waals surface area contributed by atoms with Crippen LogP contribution in [0.25, 0.3) is 11.3 Å². The Bertz CT molecular complexity index is 584. The molecule has 4 nitrogen and oxygen atoms in total. The lowest BCUT2D eigenvalue weighted by Crippen LogP contribution is -2.16. The van der Waals surface area contributed by atoms with Crippen LogP contribution in [0.15, 0.2) is 30.5 Å². The number of hydrogen-bond acceptors (Lipinski definition) is 3. The average Bonchev–Trinajstić information content (AvgIpc) is 3.24.